The summed E-state index contributed by atoms with van der Waals surface area (Å²) < 4.78 is 7.52. The summed E-state index contributed by atoms with van der Waals surface area (Å²) in [5.41, 5.74) is 9.04. The summed E-state index contributed by atoms with van der Waals surface area (Å²) in [7, 11) is 1.69. The van der Waals surface area contributed by atoms with Crippen molar-refractivity contribution >= 4 is 0 Å². The smallest absolute Gasteiger partial charge is 0.128 e. The first kappa shape index (κ1) is 13.6. The molecule has 4 nitrogen and oxygen atoms in total. The van der Waals surface area contributed by atoms with Gasteiger partial charge in [0.1, 0.15) is 5.75 Å². The average Bonchev–Trinajstić information content (AvgIpc) is 2.86. The third-order valence-electron chi connectivity index (χ3n) is 3.25. The summed E-state index contributed by atoms with van der Waals surface area (Å²) in [5, 5.41) is 0. The molecule has 4 heteroatoms. The molecule has 1 heterocycles. The van der Waals surface area contributed by atoms with E-state index in [1.54, 1.807) is 7.11 Å². The summed E-state index contributed by atoms with van der Waals surface area (Å²) >= 11 is 0. The van der Waals surface area contributed by atoms with Gasteiger partial charge in [0, 0.05) is 18.7 Å². The zero-order valence-electron chi connectivity index (χ0n) is 11.8. The highest BCUT2D eigenvalue weighted by Crippen LogP contribution is 2.32. The van der Waals surface area contributed by atoms with Crippen molar-refractivity contribution in [2.45, 2.75) is 26.3 Å². The molecular formula is C15H21N3O. The fourth-order valence-corrected chi connectivity index (χ4v) is 2.15. The van der Waals surface area contributed by atoms with E-state index in [1.807, 2.05) is 18.6 Å². The number of ether oxygens (including phenoxy) is 1. The van der Waals surface area contributed by atoms with Gasteiger partial charge in [0.25, 0.3) is 0 Å². The quantitative estimate of drug-likeness (QED) is 0.898. The number of nitrogens with two attached hydrogens (primary N) is 1. The van der Waals surface area contributed by atoms with E-state index >= 15 is 0 Å². The number of nitrogens with zero attached hydrogens (tertiary/aromatic N) is 2. The van der Waals surface area contributed by atoms with Crippen LogP contribution in [0.2, 0.25) is 0 Å². The molecule has 0 aliphatic heterocycles. The van der Waals surface area contributed by atoms with Crippen LogP contribution in [0.5, 0.6) is 5.75 Å². The molecule has 0 aliphatic rings. The number of hydrogen-bond acceptors (Lipinski definition) is 3. The van der Waals surface area contributed by atoms with Gasteiger partial charge in [-0.3, -0.25) is 0 Å². The normalized spacial score (nSPS) is 11.0. The second-order valence-corrected chi connectivity index (χ2v) is 4.88. The lowest BCUT2D eigenvalue weighted by molar-refractivity contribution is 0.416. The molecule has 0 bridgehead atoms. The third kappa shape index (κ3) is 2.79. The standard InChI is InChI=1S/C15H21N3O/c1-11(2)12-4-5-15(19-3)13(8-12)14-9-17-10-18(14)7-6-16/h4-5,8-11H,6-7,16H2,1-3H3. The van der Waals surface area contributed by atoms with Gasteiger partial charge in [-0.05, 0) is 23.6 Å². The molecule has 2 N–H and O–H groups in total. The predicted molar refractivity (Wildman–Crippen MR) is 77.4 cm³/mol. The van der Waals surface area contributed by atoms with Gasteiger partial charge in [-0.1, -0.05) is 19.9 Å². The van der Waals surface area contributed by atoms with Crippen LogP contribution in [0.25, 0.3) is 11.3 Å². The monoisotopic (exact) mass is 259 g/mol. The number of benzene rings is 1. The van der Waals surface area contributed by atoms with Gasteiger partial charge in [-0.15, -0.1) is 0 Å². The maximum Gasteiger partial charge on any atom is 0.128 e. The van der Waals surface area contributed by atoms with Crippen molar-refractivity contribution in [3.8, 4) is 17.0 Å². The minimum Gasteiger partial charge on any atom is -0.496 e. The Morgan fingerprint density at radius 1 is 1.37 bits per heavy atom. The summed E-state index contributed by atoms with van der Waals surface area (Å²) in [5.74, 6) is 1.35. The molecule has 0 unspecified atom stereocenters. The van der Waals surface area contributed by atoms with Crippen molar-refractivity contribution in [1.29, 1.82) is 0 Å². The molecule has 0 saturated carbocycles. The molecule has 0 fully saturated rings. The van der Waals surface area contributed by atoms with E-state index in [4.69, 9.17) is 10.5 Å². The second-order valence-electron chi connectivity index (χ2n) is 4.88. The first-order valence-electron chi connectivity index (χ1n) is 6.56. The largest absolute Gasteiger partial charge is 0.496 e. The second kappa shape index (κ2) is 5.89. The Bertz CT molecular complexity index is 546. The SMILES string of the molecule is COc1ccc(C(C)C)cc1-c1cncn1CCN. The van der Waals surface area contributed by atoms with Crippen LogP contribution in [0.1, 0.15) is 25.3 Å². The predicted octanol–water partition coefficient (Wildman–Crippen LogP) is 2.64. The molecule has 19 heavy (non-hydrogen) atoms. The van der Waals surface area contributed by atoms with Crippen LogP contribution in [0.15, 0.2) is 30.7 Å². The number of hydrogen-bond donors (Lipinski definition) is 1. The molecule has 0 atom stereocenters. The van der Waals surface area contributed by atoms with E-state index in [0.29, 0.717) is 12.5 Å². The maximum absolute atomic E-state index is 5.64. The van der Waals surface area contributed by atoms with Crippen molar-refractivity contribution in [2.75, 3.05) is 13.7 Å². The van der Waals surface area contributed by atoms with Crippen LogP contribution < -0.4 is 10.5 Å². The number of methoxy groups -OCH3 is 1. The average molecular weight is 259 g/mol. The van der Waals surface area contributed by atoms with Crippen LogP contribution in [0.3, 0.4) is 0 Å². The molecule has 0 saturated heterocycles. The van der Waals surface area contributed by atoms with Crippen molar-refractivity contribution in [2.24, 2.45) is 5.73 Å². The number of aromatic nitrogens is 2. The van der Waals surface area contributed by atoms with Crippen molar-refractivity contribution in [3.63, 3.8) is 0 Å². The van der Waals surface area contributed by atoms with E-state index in [1.165, 1.54) is 5.56 Å². The van der Waals surface area contributed by atoms with Gasteiger partial charge in [-0.2, -0.15) is 0 Å². The van der Waals surface area contributed by atoms with Gasteiger partial charge >= 0.3 is 0 Å². The summed E-state index contributed by atoms with van der Waals surface area (Å²) in [4.78, 5) is 4.22. The van der Waals surface area contributed by atoms with Gasteiger partial charge in [0.15, 0.2) is 0 Å². The van der Waals surface area contributed by atoms with Crippen molar-refractivity contribution in [1.82, 2.24) is 9.55 Å². The highest BCUT2D eigenvalue weighted by atomic mass is 16.5. The minimum absolute atomic E-state index is 0.482. The van der Waals surface area contributed by atoms with Crippen LogP contribution >= 0.6 is 0 Å². The molecule has 1 aromatic carbocycles. The zero-order valence-corrected chi connectivity index (χ0v) is 11.8. The molecule has 1 aromatic heterocycles. The first-order chi connectivity index (χ1) is 9.17. The first-order valence-corrected chi connectivity index (χ1v) is 6.56. The van der Waals surface area contributed by atoms with Gasteiger partial charge in [-0.25, -0.2) is 4.98 Å². The Morgan fingerprint density at radius 2 is 2.16 bits per heavy atom. The van der Waals surface area contributed by atoms with Crippen LogP contribution in [-0.2, 0) is 6.54 Å². The van der Waals surface area contributed by atoms with Crippen molar-refractivity contribution in [3.05, 3.63) is 36.3 Å². The minimum atomic E-state index is 0.482. The van der Waals surface area contributed by atoms with E-state index in [-0.39, 0.29) is 0 Å². The van der Waals surface area contributed by atoms with E-state index in [2.05, 4.69) is 35.5 Å². The van der Waals surface area contributed by atoms with Crippen LogP contribution in [0.4, 0.5) is 0 Å². The summed E-state index contributed by atoms with van der Waals surface area (Å²) in [6.07, 6.45) is 3.67. The lowest BCUT2D eigenvalue weighted by atomic mass is 9.99. The van der Waals surface area contributed by atoms with Gasteiger partial charge in [0.2, 0.25) is 0 Å². The Hall–Kier alpha value is -1.81. The Morgan fingerprint density at radius 3 is 2.79 bits per heavy atom. The molecule has 0 spiro atoms. The molecule has 0 amide bonds. The summed E-state index contributed by atoms with van der Waals surface area (Å²) in [6, 6.07) is 6.30. The Kier molecular flexibility index (Phi) is 4.22. The number of rotatable bonds is 5. The lowest BCUT2D eigenvalue weighted by Crippen LogP contribution is -2.10. The van der Waals surface area contributed by atoms with Gasteiger partial charge in [0.05, 0.1) is 25.3 Å². The van der Waals surface area contributed by atoms with E-state index < -0.39 is 0 Å². The zero-order chi connectivity index (χ0) is 13.8. The van der Waals surface area contributed by atoms with Crippen LogP contribution in [0, 0.1) is 0 Å². The molecule has 0 aliphatic carbocycles. The van der Waals surface area contributed by atoms with Crippen molar-refractivity contribution < 1.29 is 4.74 Å². The van der Waals surface area contributed by atoms with E-state index in [9.17, 15) is 0 Å². The lowest BCUT2D eigenvalue weighted by Gasteiger charge is -2.14. The molecule has 2 rings (SSSR count). The molecular weight excluding hydrogens is 238 g/mol. The van der Waals surface area contributed by atoms with Crippen LogP contribution in [-0.4, -0.2) is 23.2 Å². The number of imidazole rings is 1. The van der Waals surface area contributed by atoms with Gasteiger partial charge < -0.3 is 15.0 Å². The fourth-order valence-electron chi connectivity index (χ4n) is 2.15. The highest BCUT2D eigenvalue weighted by molar-refractivity contribution is 5.68. The molecule has 102 valence electrons. The fraction of sp³-hybridized carbons (Fsp3) is 0.400. The third-order valence-corrected chi connectivity index (χ3v) is 3.25. The Balaban J connectivity index is 2.52. The highest BCUT2D eigenvalue weighted by Gasteiger charge is 2.12. The summed E-state index contributed by atoms with van der Waals surface area (Å²) in [6.45, 7) is 5.71. The van der Waals surface area contributed by atoms with E-state index in [0.717, 1.165) is 23.6 Å². The Labute approximate surface area is 114 Å². The topological polar surface area (TPSA) is 53.1 Å². The molecule has 0 radical (unpaired) electrons. The maximum atomic E-state index is 5.64. The molecule has 2 aromatic rings.